The lowest BCUT2D eigenvalue weighted by Crippen LogP contribution is -3.60. The molecule has 1 aliphatic heterocycles. The predicted octanol–water partition coefficient (Wildman–Crippen LogP) is -2.32. The molecule has 1 aliphatic rings. The molecule has 1 fully saturated rings. The summed E-state index contributed by atoms with van der Waals surface area (Å²) in [6.45, 7) is 5.26. The van der Waals surface area contributed by atoms with Crippen LogP contribution in [0.25, 0.3) is 0 Å². The zero-order chi connectivity index (χ0) is 16.3. The Kier molecular flexibility index (Phi) is 11.0. The number of ether oxygens (including phenoxy) is 1. The molecule has 0 bridgehead atoms. The predicted molar refractivity (Wildman–Crippen MR) is 76.8 cm³/mol. The van der Waals surface area contributed by atoms with Crippen LogP contribution in [0, 0.1) is 0 Å². The number of piperazine rings is 1. The third kappa shape index (κ3) is 9.51. The van der Waals surface area contributed by atoms with Crippen LogP contribution in [0.3, 0.4) is 0 Å². The molecule has 1 saturated heterocycles. The molecule has 1 rings (SSSR count). The Morgan fingerprint density at radius 3 is 2.27 bits per heavy atom. The van der Waals surface area contributed by atoms with Crippen molar-refractivity contribution in [1.29, 1.82) is 0 Å². The largest absolute Gasteiger partial charge is 0.471 e. The minimum absolute atomic E-state index is 0.215. The average Bonchev–Trinajstić information content (AvgIpc) is 2.50. The maximum Gasteiger partial charge on any atom is 0.471 e. The quantitative estimate of drug-likeness (QED) is 0.211. The number of hydrogen-bond donors (Lipinski definition) is 1. The second-order valence-electron chi connectivity index (χ2n) is 5.43. The van der Waals surface area contributed by atoms with Gasteiger partial charge in [-0.15, -0.1) is 3.07 Å². The van der Waals surface area contributed by atoms with Gasteiger partial charge in [0.05, 0.1) is 6.61 Å². The van der Waals surface area contributed by atoms with Crippen LogP contribution in [0.1, 0.15) is 12.8 Å². The van der Waals surface area contributed by atoms with Crippen LogP contribution in [0.2, 0.25) is 0 Å². The van der Waals surface area contributed by atoms with Crippen molar-refractivity contribution in [3.8, 4) is 0 Å². The van der Waals surface area contributed by atoms with Gasteiger partial charge in [-0.1, -0.05) is 0 Å². The molecule has 22 heavy (non-hydrogen) atoms. The molecule has 1 heterocycles. The van der Waals surface area contributed by atoms with Gasteiger partial charge in [-0.2, -0.15) is 0 Å². The van der Waals surface area contributed by atoms with Crippen LogP contribution in [0.5, 0.6) is 0 Å². The van der Waals surface area contributed by atoms with Gasteiger partial charge < -0.3 is 14.7 Å². The SMILES string of the molecule is C[I+]OCC(F)(F)COCCCCN1CCN(CCO)CC1. The van der Waals surface area contributed by atoms with Crippen molar-refractivity contribution in [2.45, 2.75) is 18.8 Å². The average molecular weight is 437 g/mol. The molecule has 0 aromatic carbocycles. The van der Waals surface area contributed by atoms with E-state index >= 15 is 0 Å². The number of unbranched alkanes of at least 4 members (excludes halogenated alkanes) is 1. The van der Waals surface area contributed by atoms with Gasteiger partial charge in [-0.25, -0.2) is 8.78 Å². The van der Waals surface area contributed by atoms with Crippen LogP contribution in [0.4, 0.5) is 8.78 Å². The lowest BCUT2D eigenvalue weighted by molar-refractivity contribution is -0.880. The summed E-state index contributed by atoms with van der Waals surface area (Å²) in [4.78, 5) is 6.43. The van der Waals surface area contributed by atoms with Crippen molar-refractivity contribution < 1.29 is 43.3 Å². The van der Waals surface area contributed by atoms with Crippen molar-refractivity contribution in [2.75, 3.05) is 70.6 Å². The molecule has 0 aromatic heterocycles. The van der Waals surface area contributed by atoms with Gasteiger partial charge in [-0.05, 0) is 19.4 Å². The van der Waals surface area contributed by atoms with E-state index in [2.05, 4.69) is 9.80 Å². The Labute approximate surface area is 142 Å². The van der Waals surface area contributed by atoms with E-state index in [4.69, 9.17) is 12.9 Å². The number of hydrogen-bond acceptors (Lipinski definition) is 5. The second kappa shape index (κ2) is 11.9. The van der Waals surface area contributed by atoms with Gasteiger partial charge in [0.15, 0.2) is 11.5 Å². The Morgan fingerprint density at radius 1 is 1.05 bits per heavy atom. The third-order valence-electron chi connectivity index (χ3n) is 3.58. The summed E-state index contributed by atoms with van der Waals surface area (Å²) in [5, 5.41) is 8.88. The van der Waals surface area contributed by atoms with Crippen molar-refractivity contribution >= 4 is 0 Å². The van der Waals surface area contributed by atoms with Crippen LogP contribution >= 0.6 is 0 Å². The smallest absolute Gasteiger partial charge is 0.395 e. The molecule has 0 amide bonds. The standard InChI is InChI=1S/C14H28F2IN2O3/c1-17-22-13-14(15,16)12-21-11-3-2-4-18-5-7-19(8-6-18)9-10-20/h20H,2-13H2,1H3/q+1. The minimum Gasteiger partial charge on any atom is -0.395 e. The van der Waals surface area contributed by atoms with Crippen LogP contribution in [0.15, 0.2) is 0 Å². The monoisotopic (exact) mass is 437 g/mol. The van der Waals surface area contributed by atoms with Crippen LogP contribution in [-0.2, 0) is 7.80 Å². The fraction of sp³-hybridized carbons (Fsp3) is 1.00. The van der Waals surface area contributed by atoms with E-state index in [-0.39, 0.29) is 6.61 Å². The van der Waals surface area contributed by atoms with Crippen molar-refractivity contribution in [1.82, 2.24) is 9.80 Å². The number of rotatable bonds is 12. The first-order valence-electron chi connectivity index (χ1n) is 7.70. The minimum atomic E-state index is -2.86. The molecular formula is C14H28F2IN2O3+. The van der Waals surface area contributed by atoms with E-state index in [9.17, 15) is 8.78 Å². The summed E-state index contributed by atoms with van der Waals surface area (Å²) < 4.78 is 36.4. The lowest BCUT2D eigenvalue weighted by Gasteiger charge is -2.34. The highest BCUT2D eigenvalue weighted by molar-refractivity contribution is 4.71. The first-order chi connectivity index (χ1) is 10.6. The van der Waals surface area contributed by atoms with E-state index in [1.165, 1.54) is 0 Å². The first-order valence-corrected chi connectivity index (χ1v) is 10.7. The number of nitrogens with zero attached hydrogens (tertiary/aromatic N) is 2. The third-order valence-corrected chi connectivity index (χ3v) is 4.52. The normalized spacial score (nSPS) is 18.0. The maximum absolute atomic E-state index is 13.2. The lowest BCUT2D eigenvalue weighted by atomic mass is 10.2. The summed E-state index contributed by atoms with van der Waals surface area (Å²) in [6, 6.07) is 0. The number of alkyl halides is 3. The van der Waals surface area contributed by atoms with Crippen molar-refractivity contribution in [3.63, 3.8) is 0 Å². The van der Waals surface area contributed by atoms with Gasteiger partial charge in [-0.3, -0.25) is 4.90 Å². The van der Waals surface area contributed by atoms with Gasteiger partial charge in [0.25, 0.3) is 5.92 Å². The Morgan fingerprint density at radius 2 is 1.68 bits per heavy atom. The van der Waals surface area contributed by atoms with E-state index in [1.54, 1.807) is 4.93 Å². The molecule has 0 unspecified atom stereocenters. The molecule has 5 nitrogen and oxygen atoms in total. The zero-order valence-corrected chi connectivity index (χ0v) is 15.4. The summed E-state index contributed by atoms with van der Waals surface area (Å²) in [6.07, 6.45) is 1.76. The Balaban J connectivity index is 1.96. The van der Waals surface area contributed by atoms with Gasteiger partial charge in [0.1, 0.15) is 6.61 Å². The van der Waals surface area contributed by atoms with Crippen LogP contribution in [-0.4, -0.2) is 91.5 Å². The fourth-order valence-corrected chi connectivity index (χ4v) is 3.08. The van der Waals surface area contributed by atoms with E-state index in [0.29, 0.717) is 6.61 Å². The van der Waals surface area contributed by atoms with Gasteiger partial charge in [0, 0.05) is 39.3 Å². The molecule has 0 atom stereocenters. The van der Waals surface area contributed by atoms with E-state index < -0.39 is 40.8 Å². The summed E-state index contributed by atoms with van der Waals surface area (Å²) in [7, 11) is 0. The maximum atomic E-state index is 13.2. The fourth-order valence-electron chi connectivity index (χ4n) is 2.31. The molecular weight excluding hydrogens is 409 g/mol. The molecule has 0 aliphatic carbocycles. The zero-order valence-electron chi connectivity index (χ0n) is 13.3. The highest BCUT2D eigenvalue weighted by Gasteiger charge is 2.32. The molecule has 0 radical (unpaired) electrons. The number of aliphatic hydroxyl groups is 1. The van der Waals surface area contributed by atoms with Gasteiger partial charge in [0.2, 0.25) is 0 Å². The van der Waals surface area contributed by atoms with Crippen molar-refractivity contribution in [3.05, 3.63) is 0 Å². The van der Waals surface area contributed by atoms with E-state index in [1.807, 2.05) is 0 Å². The van der Waals surface area contributed by atoms with Crippen molar-refractivity contribution in [2.24, 2.45) is 0 Å². The highest BCUT2D eigenvalue weighted by Crippen LogP contribution is 2.13. The topological polar surface area (TPSA) is 45.2 Å². The summed E-state index contributed by atoms with van der Waals surface area (Å²) >= 11 is -0.557. The molecule has 0 aromatic rings. The van der Waals surface area contributed by atoms with Gasteiger partial charge >= 0.3 is 21.6 Å². The highest BCUT2D eigenvalue weighted by atomic mass is 127. The summed E-state index contributed by atoms with van der Waals surface area (Å²) in [5.41, 5.74) is 0. The Bertz CT molecular complexity index is 281. The molecule has 0 spiro atoms. The molecule has 132 valence electrons. The number of β-amino-alcohol motifs (C(OH)–C–C–N with tert-alkyl or cyclic N) is 1. The first kappa shape index (κ1) is 20.4. The molecule has 0 saturated carbocycles. The summed E-state index contributed by atoms with van der Waals surface area (Å²) in [5.74, 6) is -2.86. The number of aliphatic hydroxyl groups excluding tert-OH is 1. The Hall–Kier alpha value is 0.390. The second-order valence-corrected chi connectivity index (χ2v) is 6.93. The molecule has 1 N–H and O–H groups in total. The van der Waals surface area contributed by atoms with E-state index in [0.717, 1.165) is 52.1 Å². The number of halogens is 3. The van der Waals surface area contributed by atoms with Crippen LogP contribution < -0.4 is 21.6 Å². The molecule has 8 heteroatoms.